The molecule has 0 aromatic carbocycles. The second-order valence-corrected chi connectivity index (χ2v) is 5.89. The minimum Gasteiger partial charge on any atom is -0.356 e. The normalized spacial score (nSPS) is 23.4. The van der Waals surface area contributed by atoms with Crippen molar-refractivity contribution < 1.29 is 9.59 Å². The minimum absolute atomic E-state index is 0.106. The van der Waals surface area contributed by atoms with Crippen molar-refractivity contribution in [1.82, 2.24) is 5.32 Å². The van der Waals surface area contributed by atoms with Gasteiger partial charge in [-0.15, -0.1) is 0 Å². The van der Waals surface area contributed by atoms with Gasteiger partial charge in [-0.3, -0.25) is 9.59 Å². The highest BCUT2D eigenvalue weighted by Gasteiger charge is 2.30. The van der Waals surface area contributed by atoms with Crippen LogP contribution in [-0.4, -0.2) is 24.8 Å². The predicted molar refractivity (Wildman–Crippen MR) is 76.6 cm³/mol. The number of nitrogens with two attached hydrogens (primary N) is 1. The third-order valence-corrected chi connectivity index (χ3v) is 4.00. The third kappa shape index (κ3) is 5.31. The molecule has 0 spiro atoms. The first kappa shape index (κ1) is 16.2. The van der Waals surface area contributed by atoms with E-state index in [0.717, 1.165) is 45.1 Å². The highest BCUT2D eigenvalue weighted by molar-refractivity contribution is 5.83. The highest BCUT2D eigenvalue weighted by Crippen LogP contribution is 2.30. The molecule has 0 saturated heterocycles. The number of carbonyl (C=O) groups excluding carboxylic acids is 2. The van der Waals surface area contributed by atoms with Crippen molar-refractivity contribution in [2.24, 2.45) is 23.5 Å². The zero-order valence-corrected chi connectivity index (χ0v) is 12.3. The lowest BCUT2D eigenvalue weighted by molar-refractivity contribution is -0.130. The van der Waals surface area contributed by atoms with Gasteiger partial charge in [0.2, 0.25) is 5.91 Å². The summed E-state index contributed by atoms with van der Waals surface area (Å²) in [6, 6.07) is 0. The molecular weight excluding hydrogens is 240 g/mol. The molecule has 1 fully saturated rings. The molecule has 1 saturated carbocycles. The van der Waals surface area contributed by atoms with Gasteiger partial charge in [0.05, 0.1) is 0 Å². The lowest BCUT2D eigenvalue weighted by atomic mass is 9.77. The zero-order chi connectivity index (χ0) is 14.3. The second-order valence-electron chi connectivity index (χ2n) is 5.89. The summed E-state index contributed by atoms with van der Waals surface area (Å²) in [5, 5.41) is 2.97. The topological polar surface area (TPSA) is 72.2 Å². The second kappa shape index (κ2) is 8.31. The quantitative estimate of drug-likeness (QED) is 0.692. The summed E-state index contributed by atoms with van der Waals surface area (Å²) in [7, 11) is 0. The number of Topliss-reactive ketones (excluding diaryl/α,β-unsaturated/α-hetero) is 1. The van der Waals surface area contributed by atoms with E-state index >= 15 is 0 Å². The van der Waals surface area contributed by atoms with Crippen molar-refractivity contribution in [3.8, 4) is 0 Å². The first-order valence-corrected chi connectivity index (χ1v) is 7.57. The molecule has 0 radical (unpaired) electrons. The van der Waals surface area contributed by atoms with Crippen molar-refractivity contribution in [3.63, 3.8) is 0 Å². The monoisotopic (exact) mass is 268 g/mol. The number of nitrogens with one attached hydrogen (secondary N) is 1. The molecule has 4 heteroatoms. The summed E-state index contributed by atoms with van der Waals surface area (Å²) in [4.78, 5) is 23.9. The van der Waals surface area contributed by atoms with Crippen LogP contribution in [0.3, 0.4) is 0 Å². The maximum Gasteiger partial charge on any atom is 0.223 e. The summed E-state index contributed by atoms with van der Waals surface area (Å²) in [6.45, 7) is 5.32. The van der Waals surface area contributed by atoms with E-state index in [1.165, 1.54) is 0 Å². The summed E-state index contributed by atoms with van der Waals surface area (Å²) < 4.78 is 0. The van der Waals surface area contributed by atoms with Gasteiger partial charge in [-0.05, 0) is 45.1 Å². The third-order valence-electron chi connectivity index (χ3n) is 4.00. The standard InChI is InChI=1S/C15H28N2O2/c1-11(2)14(18)12-5-7-13(8-6-12)15(19)17-10-4-3-9-16/h11-13H,3-10,16H2,1-2H3,(H,17,19). The maximum absolute atomic E-state index is 11.9. The van der Waals surface area contributed by atoms with Gasteiger partial charge < -0.3 is 11.1 Å². The van der Waals surface area contributed by atoms with Crippen LogP contribution in [0.25, 0.3) is 0 Å². The van der Waals surface area contributed by atoms with Crippen LogP contribution in [0.4, 0.5) is 0 Å². The van der Waals surface area contributed by atoms with Gasteiger partial charge in [0.25, 0.3) is 0 Å². The Kier molecular flexibility index (Phi) is 7.06. The summed E-state index contributed by atoms with van der Waals surface area (Å²) in [5.74, 6) is 0.927. The molecule has 110 valence electrons. The first-order valence-electron chi connectivity index (χ1n) is 7.57. The van der Waals surface area contributed by atoms with Crippen molar-refractivity contribution in [3.05, 3.63) is 0 Å². The van der Waals surface area contributed by atoms with Gasteiger partial charge in [0.1, 0.15) is 5.78 Å². The Bertz CT molecular complexity index is 295. The van der Waals surface area contributed by atoms with Gasteiger partial charge in [0, 0.05) is 24.3 Å². The number of hydrogen-bond donors (Lipinski definition) is 2. The Balaban J connectivity index is 2.25. The number of rotatable bonds is 7. The molecule has 1 amide bonds. The molecule has 0 aliphatic heterocycles. The van der Waals surface area contributed by atoms with Crippen LogP contribution in [0.2, 0.25) is 0 Å². The predicted octanol–water partition coefficient (Wildman–Crippen LogP) is 1.87. The number of unbranched alkanes of at least 4 members (excludes halogenated alkanes) is 1. The molecule has 0 heterocycles. The molecular formula is C15H28N2O2. The molecule has 1 aliphatic carbocycles. The molecule has 0 aromatic rings. The Hall–Kier alpha value is -0.900. The average molecular weight is 268 g/mol. The fraction of sp³-hybridized carbons (Fsp3) is 0.867. The first-order chi connectivity index (χ1) is 9.06. The smallest absolute Gasteiger partial charge is 0.223 e. The molecule has 0 aromatic heterocycles. The van der Waals surface area contributed by atoms with E-state index in [4.69, 9.17) is 5.73 Å². The lowest BCUT2D eigenvalue weighted by Crippen LogP contribution is -2.35. The fourth-order valence-electron chi connectivity index (χ4n) is 2.74. The van der Waals surface area contributed by atoms with E-state index in [1.54, 1.807) is 0 Å². The Morgan fingerprint density at radius 2 is 1.68 bits per heavy atom. The van der Waals surface area contributed by atoms with Crippen LogP contribution < -0.4 is 11.1 Å². The zero-order valence-electron chi connectivity index (χ0n) is 12.3. The lowest BCUT2D eigenvalue weighted by Gasteiger charge is -2.27. The Labute approximate surface area is 116 Å². The highest BCUT2D eigenvalue weighted by atomic mass is 16.2. The number of carbonyl (C=O) groups is 2. The molecule has 4 nitrogen and oxygen atoms in total. The van der Waals surface area contributed by atoms with Crippen LogP contribution in [0.15, 0.2) is 0 Å². The largest absolute Gasteiger partial charge is 0.356 e. The average Bonchev–Trinajstić information content (AvgIpc) is 2.42. The molecule has 3 N–H and O–H groups in total. The molecule has 1 aliphatic rings. The van der Waals surface area contributed by atoms with E-state index in [0.29, 0.717) is 12.3 Å². The maximum atomic E-state index is 11.9. The van der Waals surface area contributed by atoms with Gasteiger partial charge in [-0.2, -0.15) is 0 Å². The number of ketones is 1. The van der Waals surface area contributed by atoms with Crippen molar-refractivity contribution >= 4 is 11.7 Å². The van der Waals surface area contributed by atoms with E-state index in [9.17, 15) is 9.59 Å². The van der Waals surface area contributed by atoms with E-state index < -0.39 is 0 Å². The van der Waals surface area contributed by atoms with E-state index in [2.05, 4.69) is 5.32 Å². The molecule has 1 rings (SSSR count). The molecule has 0 bridgehead atoms. The Morgan fingerprint density at radius 1 is 1.11 bits per heavy atom. The van der Waals surface area contributed by atoms with Gasteiger partial charge in [0.15, 0.2) is 0 Å². The van der Waals surface area contributed by atoms with E-state index in [1.807, 2.05) is 13.8 Å². The van der Waals surface area contributed by atoms with Gasteiger partial charge in [-0.1, -0.05) is 13.8 Å². The summed E-state index contributed by atoms with van der Waals surface area (Å²) in [6.07, 6.45) is 5.35. The van der Waals surface area contributed by atoms with Crippen molar-refractivity contribution in [2.75, 3.05) is 13.1 Å². The molecule has 0 atom stereocenters. The number of amides is 1. The fourth-order valence-corrected chi connectivity index (χ4v) is 2.74. The number of hydrogen-bond acceptors (Lipinski definition) is 3. The van der Waals surface area contributed by atoms with Crippen molar-refractivity contribution in [2.45, 2.75) is 52.4 Å². The molecule has 0 unspecified atom stereocenters. The molecule has 19 heavy (non-hydrogen) atoms. The summed E-state index contributed by atoms with van der Waals surface area (Å²) in [5.41, 5.74) is 5.41. The van der Waals surface area contributed by atoms with Crippen LogP contribution in [-0.2, 0) is 9.59 Å². The SMILES string of the molecule is CC(C)C(=O)C1CCC(C(=O)NCCCCN)CC1. The van der Waals surface area contributed by atoms with Crippen LogP contribution in [0.5, 0.6) is 0 Å². The van der Waals surface area contributed by atoms with Crippen LogP contribution >= 0.6 is 0 Å². The van der Waals surface area contributed by atoms with Crippen LogP contribution in [0, 0.1) is 17.8 Å². The summed E-state index contributed by atoms with van der Waals surface area (Å²) >= 11 is 0. The van der Waals surface area contributed by atoms with Gasteiger partial charge in [-0.25, -0.2) is 0 Å². The minimum atomic E-state index is 0.106. The van der Waals surface area contributed by atoms with Crippen molar-refractivity contribution in [1.29, 1.82) is 0 Å². The van der Waals surface area contributed by atoms with E-state index in [-0.39, 0.29) is 23.7 Å². The van der Waals surface area contributed by atoms with Crippen LogP contribution in [0.1, 0.15) is 52.4 Å². The Morgan fingerprint density at radius 3 is 2.21 bits per heavy atom. The van der Waals surface area contributed by atoms with Gasteiger partial charge >= 0.3 is 0 Å².